The van der Waals surface area contributed by atoms with Gasteiger partial charge in [0.05, 0.1) is 4.90 Å². The molecule has 5 aromatic rings. The predicted molar refractivity (Wildman–Crippen MR) is 152 cm³/mol. The molecular weight excluding hydrogens is 524 g/mol. The first-order chi connectivity index (χ1) is 17.7. The topological polar surface area (TPSA) is 79.0 Å². The van der Waals surface area contributed by atoms with Crippen molar-refractivity contribution in [3.63, 3.8) is 0 Å². The zero-order valence-electron chi connectivity index (χ0n) is 20.3. The number of hydrogen-bond donors (Lipinski definition) is 2. The Bertz CT molecular complexity index is 1740. The Labute approximate surface area is 225 Å². The number of aromatic amines is 1. The Kier molecular flexibility index (Phi) is 7.03. The number of benzene rings is 4. The highest BCUT2D eigenvalue weighted by Crippen LogP contribution is 2.34. The lowest BCUT2D eigenvalue weighted by Gasteiger charge is -2.10. The van der Waals surface area contributed by atoms with E-state index in [1.807, 2.05) is 32.0 Å². The zero-order chi connectivity index (χ0) is 26.2. The maximum atomic E-state index is 13.8. The normalized spacial score (nSPS) is 11.8. The molecule has 0 unspecified atom stereocenters. The number of halogens is 1. The molecule has 1 heterocycles. The lowest BCUT2D eigenvalue weighted by atomic mass is 10.1. The fraction of sp³-hybridized carbons (Fsp3) is 0.138. The molecule has 0 spiro atoms. The van der Waals surface area contributed by atoms with Gasteiger partial charge in [0.2, 0.25) is 9.84 Å². The molecule has 5 rings (SSSR count). The molecule has 0 aliphatic rings. The van der Waals surface area contributed by atoms with E-state index in [0.29, 0.717) is 28.2 Å². The van der Waals surface area contributed by atoms with Crippen molar-refractivity contribution in [1.29, 1.82) is 0 Å². The number of aromatic nitrogens is 1. The minimum Gasteiger partial charge on any atom is -0.350 e. The van der Waals surface area contributed by atoms with Gasteiger partial charge in [0.1, 0.15) is 10.6 Å². The number of carbonyl (C=O) groups is 1. The van der Waals surface area contributed by atoms with Crippen LogP contribution in [0.15, 0.2) is 93.5 Å². The fourth-order valence-electron chi connectivity index (χ4n) is 4.46. The summed E-state index contributed by atoms with van der Waals surface area (Å²) in [6, 6.07) is 24.5. The van der Waals surface area contributed by atoms with Crippen molar-refractivity contribution < 1.29 is 13.2 Å². The average Bonchev–Trinajstić information content (AvgIpc) is 3.25. The molecule has 0 saturated heterocycles. The van der Waals surface area contributed by atoms with Crippen molar-refractivity contribution in [2.24, 2.45) is 0 Å². The van der Waals surface area contributed by atoms with E-state index in [-0.39, 0.29) is 15.5 Å². The highest BCUT2D eigenvalue weighted by molar-refractivity contribution is 7.99. The fourth-order valence-corrected chi connectivity index (χ4v) is 7.24. The van der Waals surface area contributed by atoms with Gasteiger partial charge >= 0.3 is 0 Å². The molecule has 1 amide bonds. The molecular formula is C29H25ClN2O3S2. The van der Waals surface area contributed by atoms with Crippen LogP contribution in [0.4, 0.5) is 0 Å². The summed E-state index contributed by atoms with van der Waals surface area (Å²) in [7, 11) is -4.01. The van der Waals surface area contributed by atoms with E-state index >= 15 is 0 Å². The third kappa shape index (κ3) is 5.25. The molecule has 0 saturated carbocycles. The first-order valence-corrected chi connectivity index (χ1v) is 14.6. The molecule has 1 aromatic heterocycles. The van der Waals surface area contributed by atoms with Gasteiger partial charge in [-0.1, -0.05) is 48.0 Å². The highest BCUT2D eigenvalue weighted by atomic mass is 35.5. The largest absolute Gasteiger partial charge is 0.350 e. The summed E-state index contributed by atoms with van der Waals surface area (Å²) in [6.07, 6.45) is 0. The Morgan fingerprint density at radius 2 is 1.65 bits per heavy atom. The highest BCUT2D eigenvalue weighted by Gasteiger charge is 2.30. The van der Waals surface area contributed by atoms with Crippen LogP contribution in [0.5, 0.6) is 0 Å². The number of carbonyl (C=O) groups excluding carboxylic acids is 1. The van der Waals surface area contributed by atoms with Crippen LogP contribution in [0.1, 0.15) is 21.6 Å². The maximum Gasteiger partial charge on any atom is 0.269 e. The SMILES string of the molecule is Cc1cc(C)cc(S(=O)(=O)c2c(C(=O)NCCSc3ccc4ccccc4c3)[nH]c3ccc(Cl)cc23)c1. The molecule has 0 aliphatic carbocycles. The molecule has 0 aliphatic heterocycles. The number of fused-ring (bicyclic) bond motifs is 2. The second-order valence-electron chi connectivity index (χ2n) is 8.96. The van der Waals surface area contributed by atoms with Crippen molar-refractivity contribution in [2.45, 2.75) is 28.5 Å². The van der Waals surface area contributed by atoms with Gasteiger partial charge < -0.3 is 10.3 Å². The first kappa shape index (κ1) is 25.4. The summed E-state index contributed by atoms with van der Waals surface area (Å²) >= 11 is 7.84. The Morgan fingerprint density at radius 1 is 0.919 bits per heavy atom. The van der Waals surface area contributed by atoms with Crippen LogP contribution in [0.25, 0.3) is 21.7 Å². The molecule has 188 valence electrons. The predicted octanol–water partition coefficient (Wildman–Crippen LogP) is 6.95. The number of aryl methyl sites for hydroxylation is 2. The van der Waals surface area contributed by atoms with Crippen molar-refractivity contribution in [2.75, 3.05) is 12.3 Å². The minimum atomic E-state index is -4.01. The van der Waals surface area contributed by atoms with Crippen molar-refractivity contribution in [1.82, 2.24) is 10.3 Å². The Balaban J connectivity index is 1.41. The van der Waals surface area contributed by atoms with Crippen LogP contribution in [0.2, 0.25) is 5.02 Å². The van der Waals surface area contributed by atoms with Gasteiger partial charge in [0.15, 0.2) is 0 Å². The van der Waals surface area contributed by atoms with E-state index < -0.39 is 15.7 Å². The lowest BCUT2D eigenvalue weighted by Crippen LogP contribution is -2.27. The quantitative estimate of drug-likeness (QED) is 0.170. The molecule has 5 nitrogen and oxygen atoms in total. The van der Waals surface area contributed by atoms with Crippen LogP contribution in [-0.4, -0.2) is 31.6 Å². The summed E-state index contributed by atoms with van der Waals surface area (Å²) in [5.41, 5.74) is 2.19. The van der Waals surface area contributed by atoms with Crippen LogP contribution in [0, 0.1) is 13.8 Å². The monoisotopic (exact) mass is 548 g/mol. The van der Waals surface area contributed by atoms with Gasteiger partial charge in [0.25, 0.3) is 5.91 Å². The summed E-state index contributed by atoms with van der Waals surface area (Å²) in [4.78, 5) is 17.5. The third-order valence-corrected chi connectivity index (χ3v) is 9.14. The van der Waals surface area contributed by atoms with Crippen molar-refractivity contribution in [3.05, 3.63) is 101 Å². The number of sulfone groups is 1. The average molecular weight is 549 g/mol. The number of hydrogen-bond acceptors (Lipinski definition) is 4. The van der Waals surface area contributed by atoms with E-state index in [9.17, 15) is 13.2 Å². The van der Waals surface area contributed by atoms with Gasteiger partial charge in [-0.25, -0.2) is 8.42 Å². The molecule has 37 heavy (non-hydrogen) atoms. The molecule has 0 atom stereocenters. The van der Waals surface area contributed by atoms with E-state index in [0.717, 1.165) is 21.4 Å². The second-order valence-corrected chi connectivity index (χ2v) is 12.5. The summed E-state index contributed by atoms with van der Waals surface area (Å²) in [6.45, 7) is 4.06. The van der Waals surface area contributed by atoms with Crippen LogP contribution < -0.4 is 5.32 Å². The van der Waals surface area contributed by atoms with Crippen LogP contribution in [0.3, 0.4) is 0 Å². The zero-order valence-corrected chi connectivity index (χ0v) is 22.7. The Morgan fingerprint density at radius 3 is 2.41 bits per heavy atom. The standard InChI is InChI=1S/C29H25ClN2O3S2/c1-18-13-19(2)15-24(14-18)37(34,35)28-25-17-22(30)8-10-26(25)32-27(28)29(33)31-11-12-36-23-9-7-20-5-3-4-6-21(20)16-23/h3-10,13-17,32H,11-12H2,1-2H3,(H,31,33). The summed E-state index contributed by atoms with van der Waals surface area (Å²) in [5.74, 6) is 0.157. The van der Waals surface area contributed by atoms with E-state index in [2.05, 4.69) is 40.6 Å². The van der Waals surface area contributed by atoms with Gasteiger partial charge in [0, 0.05) is 33.1 Å². The minimum absolute atomic E-state index is 0.00660. The number of rotatable bonds is 7. The molecule has 0 bridgehead atoms. The van der Waals surface area contributed by atoms with E-state index in [1.54, 1.807) is 42.1 Å². The molecule has 0 radical (unpaired) electrons. The maximum absolute atomic E-state index is 13.8. The number of nitrogens with one attached hydrogen (secondary N) is 2. The van der Waals surface area contributed by atoms with Crippen molar-refractivity contribution in [3.8, 4) is 0 Å². The summed E-state index contributed by atoms with van der Waals surface area (Å²) in [5, 5.41) is 6.00. The lowest BCUT2D eigenvalue weighted by molar-refractivity contribution is 0.0948. The van der Waals surface area contributed by atoms with E-state index in [4.69, 9.17) is 11.6 Å². The molecule has 2 N–H and O–H groups in total. The van der Waals surface area contributed by atoms with E-state index in [1.165, 1.54) is 5.39 Å². The molecule has 4 aromatic carbocycles. The van der Waals surface area contributed by atoms with Crippen molar-refractivity contribution >= 4 is 60.8 Å². The van der Waals surface area contributed by atoms with Gasteiger partial charge in [-0.15, -0.1) is 11.8 Å². The number of thioether (sulfide) groups is 1. The molecule has 8 heteroatoms. The summed E-state index contributed by atoms with van der Waals surface area (Å²) < 4.78 is 27.6. The third-order valence-electron chi connectivity index (χ3n) is 6.09. The van der Waals surface area contributed by atoms with Gasteiger partial charge in [-0.3, -0.25) is 4.79 Å². The number of H-pyrrole nitrogens is 1. The Hall–Kier alpha value is -3.26. The van der Waals surface area contributed by atoms with Gasteiger partial charge in [-0.2, -0.15) is 0 Å². The molecule has 0 fully saturated rings. The second kappa shape index (κ2) is 10.2. The van der Waals surface area contributed by atoms with Gasteiger partial charge in [-0.05, 0) is 78.2 Å². The van der Waals surface area contributed by atoms with Crippen LogP contribution in [-0.2, 0) is 9.84 Å². The first-order valence-electron chi connectivity index (χ1n) is 11.8. The smallest absolute Gasteiger partial charge is 0.269 e. The van der Waals surface area contributed by atoms with Crippen LogP contribution >= 0.6 is 23.4 Å². The number of amides is 1.